The third-order valence-corrected chi connectivity index (χ3v) is 2.60. The van der Waals surface area contributed by atoms with Crippen LogP contribution in [0.2, 0.25) is 0 Å². The van der Waals surface area contributed by atoms with Crippen LogP contribution in [0.25, 0.3) is 0 Å². The van der Waals surface area contributed by atoms with Crippen molar-refractivity contribution in [2.75, 3.05) is 41.3 Å². The number of amides is 1. The van der Waals surface area contributed by atoms with Gasteiger partial charge in [0, 0.05) is 13.0 Å². The van der Waals surface area contributed by atoms with Gasteiger partial charge in [0.2, 0.25) is 6.04 Å². The van der Waals surface area contributed by atoms with Crippen LogP contribution in [0.5, 0.6) is 0 Å². The molecule has 6 nitrogen and oxygen atoms in total. The van der Waals surface area contributed by atoms with E-state index < -0.39 is 12.0 Å². The molecule has 8 heteroatoms. The summed E-state index contributed by atoms with van der Waals surface area (Å²) in [6.45, 7) is 5.08. The summed E-state index contributed by atoms with van der Waals surface area (Å²) in [5, 5.41) is 11.7. The fourth-order valence-electron chi connectivity index (χ4n) is 1.63. The number of carboxylic acid groups (broad SMARTS) is 1. The molecule has 4 N–H and O–H groups in total. The summed E-state index contributed by atoms with van der Waals surface area (Å²) >= 11 is 0. The minimum atomic E-state index is -1.03. The molecule has 0 aromatic rings. The Morgan fingerprint density at radius 3 is 2.05 bits per heavy atom. The van der Waals surface area contributed by atoms with Gasteiger partial charge in [-0.15, -0.1) is 0 Å². The van der Waals surface area contributed by atoms with Gasteiger partial charge in [-0.25, -0.2) is 4.79 Å². The third-order valence-electron chi connectivity index (χ3n) is 2.60. The summed E-state index contributed by atoms with van der Waals surface area (Å²) in [6, 6.07) is -0.899. The van der Waals surface area contributed by atoms with E-state index >= 15 is 0 Å². The second-order valence-corrected chi connectivity index (χ2v) is 4.94. The molecule has 0 aromatic carbocycles. The van der Waals surface area contributed by atoms with Crippen LogP contribution in [0, 0.1) is 0 Å². The molecule has 20 heavy (non-hydrogen) atoms. The molecule has 0 aliphatic rings. The Hall–Kier alpha value is -0.440. The quantitative estimate of drug-likeness (QED) is 0.233. The molecule has 0 fully saturated rings. The summed E-state index contributed by atoms with van der Waals surface area (Å²) in [4.78, 5) is 24.7. The number of quaternary nitrogens is 2. The monoisotopic (exact) mass is 417 g/mol. The van der Waals surface area contributed by atoms with Gasteiger partial charge < -0.3 is 54.2 Å². The van der Waals surface area contributed by atoms with Crippen molar-refractivity contribution in [2.24, 2.45) is 0 Å². The van der Waals surface area contributed by atoms with Crippen LogP contribution in [-0.2, 0) is 9.59 Å². The number of rotatable bonds is 8. The number of carbonyl (C=O) groups is 2. The van der Waals surface area contributed by atoms with Crippen LogP contribution < -0.4 is 49.1 Å². The number of aliphatic carboxylic acids is 1. The average Bonchev–Trinajstić information content (AvgIpc) is 2.22. The van der Waals surface area contributed by atoms with E-state index in [0.717, 1.165) is 13.0 Å². The van der Waals surface area contributed by atoms with Gasteiger partial charge in [0.25, 0.3) is 5.91 Å². The fraction of sp³-hybridized carbons (Fsp3) is 0.667. The molecule has 0 aliphatic heterocycles. The number of carbonyl (C=O) groups excluding carboxylic acids is 1. The first-order valence-electron chi connectivity index (χ1n) is 6.06. The number of halogens is 2. The molecule has 0 saturated heterocycles. The van der Waals surface area contributed by atoms with E-state index in [2.05, 4.69) is 11.9 Å². The van der Waals surface area contributed by atoms with E-state index in [4.69, 9.17) is 5.11 Å². The van der Waals surface area contributed by atoms with Crippen molar-refractivity contribution in [1.29, 1.82) is 0 Å². The molecule has 0 spiro atoms. The van der Waals surface area contributed by atoms with Crippen LogP contribution >= 0.6 is 0 Å². The van der Waals surface area contributed by atoms with Crippen molar-refractivity contribution in [1.82, 2.24) is 5.32 Å². The Bertz CT molecular complexity index is 323. The van der Waals surface area contributed by atoms with Crippen LogP contribution in [0.4, 0.5) is 0 Å². The molecule has 0 saturated carbocycles. The van der Waals surface area contributed by atoms with Crippen molar-refractivity contribution >= 4 is 11.9 Å². The molecule has 120 valence electrons. The first-order valence-corrected chi connectivity index (χ1v) is 6.06. The van der Waals surface area contributed by atoms with Crippen LogP contribution in [0.15, 0.2) is 12.2 Å². The standard InChI is InChI=1S/C12H23N3O3.2BrH/c1-9(10(12(17)18)15(4)5)11(16)13-7-6-8-14(2)3;;/h10H,1,6-8H2,2-5H3,(H,13,16)(H,17,18);2*1H. The highest BCUT2D eigenvalue weighted by atomic mass is 79.9. The first kappa shape index (κ1) is 24.6. The smallest absolute Gasteiger partial charge is 0.367 e. The Labute approximate surface area is 141 Å². The van der Waals surface area contributed by atoms with E-state index in [0.29, 0.717) is 11.4 Å². The molecule has 0 heterocycles. The average molecular weight is 419 g/mol. The largest absolute Gasteiger partial charge is 1.00 e. The Morgan fingerprint density at radius 1 is 1.20 bits per heavy atom. The lowest BCUT2D eigenvalue weighted by Gasteiger charge is -2.18. The maximum atomic E-state index is 11.7. The zero-order chi connectivity index (χ0) is 14.3. The molecular formula is C12H25Br2N3O3. The summed E-state index contributed by atoms with van der Waals surface area (Å²) in [5.41, 5.74) is 0.0969. The number of hydrogen-bond donors (Lipinski definition) is 4. The molecule has 0 bridgehead atoms. The number of likely N-dealkylation sites (N-methyl/N-ethyl adjacent to an activating group) is 1. The molecular weight excluding hydrogens is 394 g/mol. The van der Waals surface area contributed by atoms with Gasteiger partial charge in [0.15, 0.2) is 0 Å². The number of carboxylic acids is 1. The van der Waals surface area contributed by atoms with E-state index in [1.165, 1.54) is 4.90 Å². The maximum absolute atomic E-state index is 11.7. The van der Waals surface area contributed by atoms with Gasteiger partial charge in [0.05, 0.1) is 40.3 Å². The van der Waals surface area contributed by atoms with E-state index in [9.17, 15) is 9.59 Å². The summed E-state index contributed by atoms with van der Waals surface area (Å²) in [5.74, 6) is -1.41. The second-order valence-electron chi connectivity index (χ2n) is 4.94. The molecule has 1 unspecified atom stereocenters. The first-order chi connectivity index (χ1) is 8.27. The normalized spacial score (nSPS) is 11.3. The predicted molar refractivity (Wildman–Crippen MR) is 68.7 cm³/mol. The van der Waals surface area contributed by atoms with Gasteiger partial charge in [-0.3, -0.25) is 4.79 Å². The van der Waals surface area contributed by atoms with Crippen LogP contribution in [0.3, 0.4) is 0 Å². The second kappa shape index (κ2) is 12.3. The topological polar surface area (TPSA) is 75.3 Å². The van der Waals surface area contributed by atoms with E-state index in [-0.39, 0.29) is 45.4 Å². The zero-order valence-corrected chi connectivity index (χ0v) is 15.6. The fourth-order valence-corrected chi connectivity index (χ4v) is 1.63. The van der Waals surface area contributed by atoms with Gasteiger partial charge in [0.1, 0.15) is 0 Å². The molecule has 0 aliphatic carbocycles. The van der Waals surface area contributed by atoms with Crippen LogP contribution in [0.1, 0.15) is 6.42 Å². The van der Waals surface area contributed by atoms with Crippen molar-refractivity contribution < 1.29 is 58.5 Å². The SMILES string of the molecule is C=C(C(=O)NCCC[NH+](C)C)C(C(=O)O)[NH+](C)C.[Br-].[Br-]. The van der Waals surface area contributed by atoms with Crippen molar-refractivity contribution in [3.8, 4) is 0 Å². The molecule has 1 atom stereocenters. The summed E-state index contributed by atoms with van der Waals surface area (Å²) < 4.78 is 0. The molecule has 0 rings (SSSR count). The lowest BCUT2D eigenvalue weighted by atomic mass is 10.1. The Kier molecular flexibility index (Phi) is 15.1. The minimum absolute atomic E-state index is 0. The highest BCUT2D eigenvalue weighted by Crippen LogP contribution is 1.96. The van der Waals surface area contributed by atoms with Gasteiger partial charge >= 0.3 is 5.97 Å². The summed E-state index contributed by atoms with van der Waals surface area (Å²) in [7, 11) is 7.45. The van der Waals surface area contributed by atoms with Crippen molar-refractivity contribution in [2.45, 2.75) is 12.5 Å². The van der Waals surface area contributed by atoms with Gasteiger partial charge in [-0.1, -0.05) is 6.58 Å². The Balaban J connectivity index is -0.00000144. The van der Waals surface area contributed by atoms with E-state index in [1.807, 2.05) is 14.1 Å². The number of hydrogen-bond acceptors (Lipinski definition) is 2. The van der Waals surface area contributed by atoms with Crippen molar-refractivity contribution in [3.63, 3.8) is 0 Å². The lowest BCUT2D eigenvalue weighted by Crippen LogP contribution is -3.11. The highest BCUT2D eigenvalue weighted by Gasteiger charge is 2.31. The third kappa shape index (κ3) is 9.46. The molecule has 0 radical (unpaired) electrons. The van der Waals surface area contributed by atoms with Gasteiger partial charge in [-0.05, 0) is 0 Å². The zero-order valence-electron chi connectivity index (χ0n) is 12.4. The van der Waals surface area contributed by atoms with E-state index in [1.54, 1.807) is 14.1 Å². The van der Waals surface area contributed by atoms with Gasteiger partial charge in [-0.2, -0.15) is 0 Å². The number of nitrogens with one attached hydrogen (secondary N) is 3. The van der Waals surface area contributed by atoms with Crippen molar-refractivity contribution in [3.05, 3.63) is 12.2 Å². The lowest BCUT2D eigenvalue weighted by molar-refractivity contribution is -0.870. The minimum Gasteiger partial charge on any atom is -1.00 e. The summed E-state index contributed by atoms with van der Waals surface area (Å²) in [6.07, 6.45) is 0.855. The molecule has 1 amide bonds. The predicted octanol–water partition coefficient (Wildman–Crippen LogP) is -9.20. The van der Waals surface area contributed by atoms with Crippen LogP contribution in [-0.4, -0.2) is 64.3 Å². The molecule has 0 aromatic heterocycles. The highest BCUT2D eigenvalue weighted by molar-refractivity contribution is 5.99. The maximum Gasteiger partial charge on any atom is 0.367 e. The Morgan fingerprint density at radius 2 is 1.70 bits per heavy atom.